The number of hydrogen-bond donors (Lipinski definition) is 1. The average Bonchev–Trinajstić information content (AvgIpc) is 2.19. The maximum absolute atomic E-state index is 11.7. The Balaban J connectivity index is 2.69. The second kappa shape index (κ2) is 4.33. The molecule has 0 fully saturated rings. The molecule has 1 aromatic rings. The van der Waals surface area contributed by atoms with Crippen molar-refractivity contribution in [3.63, 3.8) is 0 Å². The number of nitrogens with two attached hydrogens (primary N) is 1. The van der Waals surface area contributed by atoms with Gasteiger partial charge in [0.25, 0.3) is 0 Å². The molecule has 0 radical (unpaired) electrons. The molecule has 0 aromatic carbocycles. The molecular formula is C11H16N2O. The van der Waals surface area contributed by atoms with Crippen LogP contribution < -0.4 is 5.73 Å². The summed E-state index contributed by atoms with van der Waals surface area (Å²) in [6, 6.07) is 5.34. The van der Waals surface area contributed by atoms with Gasteiger partial charge in [0.2, 0.25) is 0 Å². The van der Waals surface area contributed by atoms with Gasteiger partial charge in [-0.25, -0.2) is 0 Å². The summed E-state index contributed by atoms with van der Waals surface area (Å²) in [6.45, 7) is 4.47. The molecule has 0 bridgehead atoms. The highest BCUT2D eigenvalue weighted by molar-refractivity contribution is 5.94. The van der Waals surface area contributed by atoms with Gasteiger partial charge in [-0.15, -0.1) is 0 Å². The highest BCUT2D eigenvalue weighted by Crippen LogP contribution is 2.20. The van der Waals surface area contributed by atoms with Crippen LogP contribution in [0, 0.1) is 5.41 Å². The molecule has 1 aromatic heterocycles. The maximum Gasteiger partial charge on any atom is 0.181 e. The zero-order chi connectivity index (χ0) is 10.6. The third kappa shape index (κ3) is 2.92. The third-order valence-electron chi connectivity index (χ3n) is 2.14. The maximum atomic E-state index is 11.7. The summed E-state index contributed by atoms with van der Waals surface area (Å²) in [5.74, 6) is 0.0565. The van der Waals surface area contributed by atoms with Crippen molar-refractivity contribution in [3.05, 3.63) is 30.1 Å². The zero-order valence-electron chi connectivity index (χ0n) is 8.66. The Bertz CT molecular complexity index is 306. The van der Waals surface area contributed by atoms with Crippen LogP contribution in [0.3, 0.4) is 0 Å². The molecule has 76 valence electrons. The first-order chi connectivity index (χ1) is 6.55. The number of ketones is 1. The van der Waals surface area contributed by atoms with Crippen LogP contribution in [-0.4, -0.2) is 17.3 Å². The normalized spacial score (nSPS) is 11.4. The van der Waals surface area contributed by atoms with Crippen molar-refractivity contribution in [2.45, 2.75) is 20.3 Å². The van der Waals surface area contributed by atoms with Crippen molar-refractivity contribution < 1.29 is 4.79 Å². The van der Waals surface area contributed by atoms with E-state index in [0.717, 1.165) is 0 Å². The van der Waals surface area contributed by atoms with E-state index in [1.54, 1.807) is 18.3 Å². The fourth-order valence-corrected chi connectivity index (χ4v) is 1.13. The van der Waals surface area contributed by atoms with Crippen molar-refractivity contribution in [2.24, 2.45) is 11.1 Å². The molecule has 0 aliphatic carbocycles. The molecule has 1 heterocycles. The molecule has 3 heteroatoms. The number of Topliss-reactive ketones (excluding diaryl/α,β-unsaturated/α-hetero) is 1. The van der Waals surface area contributed by atoms with Crippen molar-refractivity contribution in [3.8, 4) is 0 Å². The molecule has 0 aliphatic heterocycles. The minimum Gasteiger partial charge on any atom is -0.330 e. The predicted molar refractivity (Wildman–Crippen MR) is 56.0 cm³/mol. The molecule has 14 heavy (non-hydrogen) atoms. The van der Waals surface area contributed by atoms with Gasteiger partial charge in [-0.3, -0.25) is 9.78 Å². The Morgan fingerprint density at radius 2 is 2.21 bits per heavy atom. The Kier molecular flexibility index (Phi) is 3.36. The van der Waals surface area contributed by atoms with E-state index in [1.807, 2.05) is 19.9 Å². The lowest BCUT2D eigenvalue weighted by Crippen LogP contribution is -2.26. The molecule has 3 nitrogen and oxygen atoms in total. The summed E-state index contributed by atoms with van der Waals surface area (Å²) >= 11 is 0. The second-order valence-corrected chi connectivity index (χ2v) is 4.18. The van der Waals surface area contributed by atoms with E-state index in [0.29, 0.717) is 18.7 Å². The summed E-state index contributed by atoms with van der Waals surface area (Å²) in [5, 5.41) is 0. The highest BCUT2D eigenvalue weighted by Gasteiger charge is 2.21. The molecular weight excluding hydrogens is 176 g/mol. The first-order valence-corrected chi connectivity index (χ1v) is 4.69. The SMILES string of the molecule is CC(C)(CN)CC(=O)c1ccccn1. The summed E-state index contributed by atoms with van der Waals surface area (Å²) < 4.78 is 0. The monoisotopic (exact) mass is 192 g/mol. The molecule has 2 N–H and O–H groups in total. The van der Waals surface area contributed by atoms with E-state index in [4.69, 9.17) is 5.73 Å². The van der Waals surface area contributed by atoms with E-state index in [9.17, 15) is 4.79 Å². The first-order valence-electron chi connectivity index (χ1n) is 4.69. The highest BCUT2D eigenvalue weighted by atomic mass is 16.1. The van der Waals surface area contributed by atoms with Crippen molar-refractivity contribution in [2.75, 3.05) is 6.54 Å². The standard InChI is InChI=1S/C11H16N2O/c1-11(2,8-12)7-10(14)9-5-3-4-6-13-9/h3-6H,7-8,12H2,1-2H3. The average molecular weight is 192 g/mol. The quantitative estimate of drug-likeness (QED) is 0.738. The Labute approximate surface area is 84.3 Å². The lowest BCUT2D eigenvalue weighted by Gasteiger charge is -2.20. The third-order valence-corrected chi connectivity index (χ3v) is 2.14. The number of hydrogen-bond acceptors (Lipinski definition) is 3. The molecule has 0 spiro atoms. The molecule has 0 amide bonds. The van der Waals surface area contributed by atoms with Crippen LogP contribution >= 0.6 is 0 Å². The lowest BCUT2D eigenvalue weighted by molar-refractivity contribution is 0.0930. The Morgan fingerprint density at radius 1 is 1.50 bits per heavy atom. The van der Waals surface area contributed by atoms with Gasteiger partial charge in [-0.05, 0) is 24.1 Å². The van der Waals surface area contributed by atoms with E-state index < -0.39 is 0 Å². The van der Waals surface area contributed by atoms with Crippen LogP contribution in [-0.2, 0) is 0 Å². The van der Waals surface area contributed by atoms with Crippen LogP contribution in [0.1, 0.15) is 30.8 Å². The van der Waals surface area contributed by atoms with Gasteiger partial charge >= 0.3 is 0 Å². The summed E-state index contributed by atoms with van der Waals surface area (Å²) in [7, 11) is 0. The second-order valence-electron chi connectivity index (χ2n) is 4.18. The Hall–Kier alpha value is -1.22. The fourth-order valence-electron chi connectivity index (χ4n) is 1.13. The van der Waals surface area contributed by atoms with Crippen LogP contribution in [0.4, 0.5) is 0 Å². The van der Waals surface area contributed by atoms with Gasteiger partial charge in [0.05, 0.1) is 0 Å². The number of rotatable bonds is 4. The van der Waals surface area contributed by atoms with Gasteiger partial charge in [-0.2, -0.15) is 0 Å². The molecule has 0 aliphatic rings. The number of nitrogens with zero attached hydrogens (tertiary/aromatic N) is 1. The molecule has 0 atom stereocenters. The van der Waals surface area contributed by atoms with E-state index >= 15 is 0 Å². The molecule has 0 saturated carbocycles. The lowest BCUT2D eigenvalue weighted by atomic mass is 9.87. The van der Waals surface area contributed by atoms with Crippen molar-refractivity contribution in [1.82, 2.24) is 4.98 Å². The van der Waals surface area contributed by atoms with Crippen LogP contribution in [0.2, 0.25) is 0 Å². The van der Waals surface area contributed by atoms with Crippen LogP contribution in [0.15, 0.2) is 24.4 Å². The largest absolute Gasteiger partial charge is 0.330 e. The van der Waals surface area contributed by atoms with E-state index in [1.165, 1.54) is 0 Å². The molecule has 1 rings (SSSR count). The summed E-state index contributed by atoms with van der Waals surface area (Å²) in [5.41, 5.74) is 5.94. The van der Waals surface area contributed by atoms with E-state index in [-0.39, 0.29) is 11.2 Å². The molecule has 0 saturated heterocycles. The predicted octanol–water partition coefficient (Wildman–Crippen LogP) is 1.64. The first kappa shape index (κ1) is 10.9. The summed E-state index contributed by atoms with van der Waals surface area (Å²) in [4.78, 5) is 15.7. The Morgan fingerprint density at radius 3 is 2.71 bits per heavy atom. The van der Waals surface area contributed by atoms with Crippen molar-refractivity contribution >= 4 is 5.78 Å². The smallest absolute Gasteiger partial charge is 0.181 e. The van der Waals surface area contributed by atoms with Crippen molar-refractivity contribution in [1.29, 1.82) is 0 Å². The van der Waals surface area contributed by atoms with Gasteiger partial charge in [0.1, 0.15) is 5.69 Å². The number of pyridine rings is 1. The van der Waals surface area contributed by atoms with E-state index in [2.05, 4.69) is 4.98 Å². The minimum atomic E-state index is -0.144. The topological polar surface area (TPSA) is 56.0 Å². The van der Waals surface area contributed by atoms with Crippen LogP contribution in [0.25, 0.3) is 0 Å². The number of aromatic nitrogens is 1. The fraction of sp³-hybridized carbons (Fsp3) is 0.455. The number of carbonyl (C=O) groups is 1. The van der Waals surface area contributed by atoms with Crippen LogP contribution in [0.5, 0.6) is 0 Å². The van der Waals surface area contributed by atoms with Gasteiger partial charge < -0.3 is 5.73 Å². The summed E-state index contributed by atoms with van der Waals surface area (Å²) in [6.07, 6.45) is 2.07. The van der Waals surface area contributed by atoms with Gasteiger partial charge in [0.15, 0.2) is 5.78 Å². The zero-order valence-corrected chi connectivity index (χ0v) is 8.66. The van der Waals surface area contributed by atoms with Gasteiger partial charge in [-0.1, -0.05) is 19.9 Å². The van der Waals surface area contributed by atoms with Gasteiger partial charge in [0, 0.05) is 12.6 Å². The number of carbonyl (C=O) groups excluding carboxylic acids is 1. The molecule has 0 unspecified atom stereocenters. The minimum absolute atomic E-state index is 0.0565.